The van der Waals surface area contributed by atoms with Gasteiger partial charge in [0.2, 0.25) is 0 Å². The summed E-state index contributed by atoms with van der Waals surface area (Å²) in [6.07, 6.45) is 0. The number of hydrogen-bond donors (Lipinski definition) is 3. The Hall–Kier alpha value is -3.86. The number of halogens is 1. The van der Waals surface area contributed by atoms with Gasteiger partial charge < -0.3 is 5.32 Å². The van der Waals surface area contributed by atoms with Crippen molar-refractivity contribution in [2.45, 2.75) is 37.5 Å². The van der Waals surface area contributed by atoms with Gasteiger partial charge in [-0.2, -0.15) is 0 Å². The summed E-state index contributed by atoms with van der Waals surface area (Å²) in [7, 11) is -7.95. The number of nitrogens with one attached hydrogen (secondary N) is 3. The van der Waals surface area contributed by atoms with E-state index in [0.29, 0.717) is 17.1 Å². The van der Waals surface area contributed by atoms with E-state index in [1.54, 1.807) is 18.2 Å². The Kier molecular flexibility index (Phi) is 8.25. The minimum atomic E-state index is -4.10. The molecule has 0 bridgehead atoms. The van der Waals surface area contributed by atoms with Crippen LogP contribution in [0.1, 0.15) is 32.6 Å². The second-order valence-corrected chi connectivity index (χ2v) is 13.3. The number of amides is 1. The molecule has 0 fully saturated rings. The highest BCUT2D eigenvalue weighted by Crippen LogP contribution is 2.27. The van der Waals surface area contributed by atoms with Crippen molar-refractivity contribution in [2.24, 2.45) is 0 Å². The van der Waals surface area contributed by atoms with E-state index >= 15 is 0 Å². The number of aryl methyl sites for hydroxylation is 4. The standard InChI is InChI=1S/C29H28ClN3O5S2/c1-18-5-12-27(21(4)14-18)33-39(35,36)25-9-7-23(8-10-25)31-29(34)22-6-11-26(30)28(17-22)40(37,38)32-24-15-19(2)13-20(3)16-24/h5-17,32-33H,1-4H3,(H,31,34). The van der Waals surface area contributed by atoms with Crippen LogP contribution in [-0.2, 0) is 20.0 Å². The number of carbonyl (C=O) groups is 1. The molecule has 0 spiro atoms. The SMILES string of the molecule is Cc1cc(C)cc(NS(=O)(=O)c2cc(C(=O)Nc3ccc(S(=O)(=O)Nc4ccc(C)cc4C)cc3)ccc2Cl)c1. The number of carbonyl (C=O) groups excluding carboxylic acids is 1. The molecule has 208 valence electrons. The average molecular weight is 598 g/mol. The van der Waals surface area contributed by atoms with Crippen molar-refractivity contribution in [3.8, 4) is 0 Å². The maximum absolute atomic E-state index is 13.1. The van der Waals surface area contributed by atoms with Crippen LogP contribution in [-0.4, -0.2) is 22.7 Å². The van der Waals surface area contributed by atoms with Gasteiger partial charge in [0.15, 0.2) is 0 Å². The van der Waals surface area contributed by atoms with Crippen LogP contribution in [0.3, 0.4) is 0 Å². The second kappa shape index (κ2) is 11.3. The predicted octanol–water partition coefficient (Wildman–Crippen LogP) is 6.43. The number of anilines is 3. The lowest BCUT2D eigenvalue weighted by atomic mass is 10.1. The molecule has 0 aromatic heterocycles. The lowest BCUT2D eigenvalue weighted by molar-refractivity contribution is 0.102. The van der Waals surface area contributed by atoms with Crippen LogP contribution in [0.25, 0.3) is 0 Å². The van der Waals surface area contributed by atoms with Crippen LogP contribution >= 0.6 is 11.6 Å². The first kappa shape index (κ1) is 29.1. The maximum Gasteiger partial charge on any atom is 0.263 e. The number of rotatable bonds is 8. The normalized spacial score (nSPS) is 11.6. The molecule has 0 aliphatic carbocycles. The fourth-order valence-corrected chi connectivity index (χ4v) is 6.84. The second-order valence-electron chi connectivity index (χ2n) is 9.53. The molecule has 11 heteroatoms. The van der Waals surface area contributed by atoms with Crippen molar-refractivity contribution in [3.63, 3.8) is 0 Å². The van der Waals surface area contributed by atoms with Crippen LogP contribution in [0.4, 0.5) is 17.1 Å². The Labute approximate surface area is 239 Å². The summed E-state index contributed by atoms with van der Waals surface area (Å²) in [5, 5.41) is 2.61. The summed E-state index contributed by atoms with van der Waals surface area (Å²) in [5.74, 6) is -0.594. The zero-order valence-corrected chi connectivity index (χ0v) is 24.6. The third-order valence-electron chi connectivity index (χ3n) is 6.01. The molecule has 0 saturated heterocycles. The molecule has 1 amide bonds. The highest BCUT2D eigenvalue weighted by Gasteiger charge is 2.21. The topological polar surface area (TPSA) is 121 Å². The van der Waals surface area contributed by atoms with E-state index in [1.165, 1.54) is 42.5 Å². The number of sulfonamides is 2. The van der Waals surface area contributed by atoms with Crippen molar-refractivity contribution in [1.82, 2.24) is 0 Å². The van der Waals surface area contributed by atoms with Crippen molar-refractivity contribution in [2.75, 3.05) is 14.8 Å². The van der Waals surface area contributed by atoms with Crippen LogP contribution in [0, 0.1) is 27.7 Å². The molecule has 3 N–H and O–H groups in total. The minimum absolute atomic E-state index is 0.0165. The Bertz CT molecular complexity index is 1800. The monoisotopic (exact) mass is 597 g/mol. The third-order valence-corrected chi connectivity index (χ3v) is 9.25. The van der Waals surface area contributed by atoms with Crippen molar-refractivity contribution in [3.05, 3.63) is 112 Å². The first-order valence-corrected chi connectivity index (χ1v) is 15.5. The van der Waals surface area contributed by atoms with Crippen molar-refractivity contribution < 1.29 is 21.6 Å². The van der Waals surface area contributed by atoms with E-state index in [-0.39, 0.29) is 20.4 Å². The van der Waals surface area contributed by atoms with E-state index in [1.807, 2.05) is 45.9 Å². The van der Waals surface area contributed by atoms with Crippen LogP contribution in [0.2, 0.25) is 5.02 Å². The molecule has 0 atom stereocenters. The summed E-state index contributed by atoms with van der Waals surface area (Å²) in [6, 6.07) is 20.3. The zero-order valence-electron chi connectivity index (χ0n) is 22.2. The molecule has 0 aliphatic rings. The summed E-state index contributed by atoms with van der Waals surface area (Å²) in [6.45, 7) is 7.44. The molecule has 40 heavy (non-hydrogen) atoms. The molecule has 8 nitrogen and oxygen atoms in total. The van der Waals surface area contributed by atoms with Gasteiger partial charge >= 0.3 is 0 Å². The van der Waals surface area contributed by atoms with Gasteiger partial charge in [0.05, 0.1) is 15.6 Å². The fourth-order valence-electron chi connectivity index (χ4n) is 4.15. The minimum Gasteiger partial charge on any atom is -0.322 e. The number of hydrogen-bond acceptors (Lipinski definition) is 5. The van der Waals surface area contributed by atoms with Gasteiger partial charge in [-0.15, -0.1) is 0 Å². The third kappa shape index (κ3) is 6.82. The van der Waals surface area contributed by atoms with Gasteiger partial charge in [-0.25, -0.2) is 16.8 Å². The molecule has 0 aliphatic heterocycles. The molecule has 0 heterocycles. The zero-order chi connectivity index (χ0) is 29.2. The summed E-state index contributed by atoms with van der Waals surface area (Å²) in [5.41, 5.74) is 4.81. The highest BCUT2D eigenvalue weighted by molar-refractivity contribution is 7.93. The Morgan fingerprint density at radius 1 is 0.650 bits per heavy atom. The van der Waals surface area contributed by atoms with Gasteiger partial charge in [0.1, 0.15) is 4.90 Å². The smallest absolute Gasteiger partial charge is 0.263 e. The maximum atomic E-state index is 13.1. The van der Waals surface area contributed by atoms with Gasteiger partial charge in [0.25, 0.3) is 26.0 Å². The van der Waals surface area contributed by atoms with Crippen LogP contribution < -0.4 is 14.8 Å². The molecule has 4 aromatic carbocycles. The fraction of sp³-hybridized carbons (Fsp3) is 0.138. The lowest BCUT2D eigenvalue weighted by Crippen LogP contribution is -2.17. The van der Waals surface area contributed by atoms with Gasteiger partial charge in [-0.3, -0.25) is 14.2 Å². The molecule has 0 unspecified atom stereocenters. The van der Waals surface area contributed by atoms with Gasteiger partial charge in [0, 0.05) is 16.9 Å². The Balaban J connectivity index is 1.51. The summed E-state index contributed by atoms with van der Waals surface area (Å²) in [4.78, 5) is 12.7. The predicted molar refractivity (Wildman–Crippen MR) is 159 cm³/mol. The van der Waals surface area contributed by atoms with E-state index in [9.17, 15) is 21.6 Å². The largest absolute Gasteiger partial charge is 0.322 e. The van der Waals surface area contributed by atoms with Gasteiger partial charge in [-0.05, 0) is 105 Å². The average Bonchev–Trinajstić information content (AvgIpc) is 2.85. The van der Waals surface area contributed by atoms with Crippen molar-refractivity contribution >= 4 is 54.6 Å². The molecule has 4 rings (SSSR count). The summed E-state index contributed by atoms with van der Waals surface area (Å²) >= 11 is 6.20. The van der Waals surface area contributed by atoms with E-state index in [2.05, 4.69) is 14.8 Å². The van der Waals surface area contributed by atoms with E-state index < -0.39 is 26.0 Å². The van der Waals surface area contributed by atoms with E-state index in [4.69, 9.17) is 11.6 Å². The first-order chi connectivity index (χ1) is 18.7. The van der Waals surface area contributed by atoms with Crippen molar-refractivity contribution in [1.29, 1.82) is 0 Å². The lowest BCUT2D eigenvalue weighted by Gasteiger charge is -2.13. The van der Waals surface area contributed by atoms with Crippen LogP contribution in [0.15, 0.2) is 88.7 Å². The summed E-state index contributed by atoms with van der Waals surface area (Å²) < 4.78 is 57.0. The molecular formula is C29H28ClN3O5S2. The van der Waals surface area contributed by atoms with E-state index in [0.717, 1.165) is 22.3 Å². The first-order valence-electron chi connectivity index (χ1n) is 12.2. The Morgan fingerprint density at radius 2 is 1.30 bits per heavy atom. The number of benzene rings is 4. The molecular weight excluding hydrogens is 570 g/mol. The van der Waals surface area contributed by atoms with Gasteiger partial charge in [-0.1, -0.05) is 35.4 Å². The molecule has 4 aromatic rings. The molecule has 0 radical (unpaired) electrons. The highest BCUT2D eigenvalue weighted by atomic mass is 35.5. The van der Waals surface area contributed by atoms with Crippen LogP contribution in [0.5, 0.6) is 0 Å². The Morgan fingerprint density at radius 3 is 1.93 bits per heavy atom. The quantitative estimate of drug-likeness (QED) is 0.216. The molecule has 0 saturated carbocycles.